The Bertz CT molecular complexity index is 107. The fourth-order valence-corrected chi connectivity index (χ4v) is 0.909. The zero-order chi connectivity index (χ0) is 9.07. The van der Waals surface area contributed by atoms with E-state index in [0.717, 1.165) is 0 Å². The molecule has 0 radical (unpaired) electrons. The predicted octanol–water partition coefficient (Wildman–Crippen LogP) is 2.34. The van der Waals surface area contributed by atoms with E-state index in [-0.39, 0.29) is 18.8 Å². The second kappa shape index (κ2) is 4.12. The third kappa shape index (κ3) is 7.89. The molecule has 0 spiro atoms. The summed E-state index contributed by atoms with van der Waals surface area (Å²) in [6.07, 6.45) is 0.229. The summed E-state index contributed by atoms with van der Waals surface area (Å²) in [5.74, 6) is 0. The molecule has 0 bridgehead atoms. The van der Waals surface area contributed by atoms with Gasteiger partial charge < -0.3 is 9.31 Å². The second-order valence-electron chi connectivity index (χ2n) is 3.98. The standard InChI is InChI=1S/C8H19BO2/c1-7(2)10-9(6)11-8(3,4)5/h7H,1-6H3. The molecule has 0 aromatic carbocycles. The molecule has 0 aromatic heterocycles. The third-order valence-corrected chi connectivity index (χ3v) is 0.983. The fourth-order valence-electron chi connectivity index (χ4n) is 0.909. The van der Waals surface area contributed by atoms with Gasteiger partial charge in [0.05, 0.1) is 0 Å². The van der Waals surface area contributed by atoms with Gasteiger partial charge in [-0.3, -0.25) is 0 Å². The van der Waals surface area contributed by atoms with E-state index in [1.165, 1.54) is 0 Å². The molecular formula is C8H19BO2. The van der Waals surface area contributed by atoms with Crippen LogP contribution in [0, 0.1) is 0 Å². The average molecular weight is 158 g/mol. The molecule has 0 fully saturated rings. The van der Waals surface area contributed by atoms with Gasteiger partial charge in [-0.05, 0) is 41.4 Å². The topological polar surface area (TPSA) is 18.5 Å². The van der Waals surface area contributed by atoms with Crippen molar-refractivity contribution in [1.82, 2.24) is 0 Å². The number of rotatable bonds is 3. The van der Waals surface area contributed by atoms with Gasteiger partial charge in [-0.2, -0.15) is 0 Å². The molecule has 0 atom stereocenters. The zero-order valence-electron chi connectivity index (χ0n) is 8.47. The van der Waals surface area contributed by atoms with E-state index in [2.05, 4.69) is 0 Å². The lowest BCUT2D eigenvalue weighted by molar-refractivity contribution is 0.0719. The van der Waals surface area contributed by atoms with Gasteiger partial charge in [-0.25, -0.2) is 0 Å². The Labute approximate surface area is 70.4 Å². The molecule has 0 aromatic rings. The van der Waals surface area contributed by atoms with Crippen molar-refractivity contribution >= 4 is 7.12 Å². The van der Waals surface area contributed by atoms with Crippen molar-refractivity contribution in [3.05, 3.63) is 0 Å². The Balaban J connectivity index is 3.61. The minimum Gasteiger partial charge on any atom is -0.409 e. The van der Waals surface area contributed by atoms with E-state index in [4.69, 9.17) is 9.31 Å². The van der Waals surface area contributed by atoms with Crippen LogP contribution < -0.4 is 0 Å². The molecule has 3 heteroatoms. The van der Waals surface area contributed by atoms with E-state index < -0.39 is 0 Å². The monoisotopic (exact) mass is 158 g/mol. The summed E-state index contributed by atoms with van der Waals surface area (Å²) in [5.41, 5.74) is -0.117. The lowest BCUT2D eigenvalue weighted by atomic mass is 9.92. The smallest absolute Gasteiger partial charge is 0.409 e. The molecule has 0 saturated heterocycles. The lowest BCUT2D eigenvalue weighted by Gasteiger charge is -2.24. The van der Waals surface area contributed by atoms with Gasteiger partial charge in [0.2, 0.25) is 0 Å². The third-order valence-electron chi connectivity index (χ3n) is 0.983. The summed E-state index contributed by atoms with van der Waals surface area (Å²) in [6, 6.07) is 0. The van der Waals surface area contributed by atoms with Crippen LogP contribution in [0.3, 0.4) is 0 Å². The quantitative estimate of drug-likeness (QED) is 0.587. The van der Waals surface area contributed by atoms with Crippen LogP contribution in [0.4, 0.5) is 0 Å². The molecule has 0 unspecified atom stereocenters. The Morgan fingerprint density at radius 3 is 1.91 bits per heavy atom. The summed E-state index contributed by atoms with van der Waals surface area (Å²) in [7, 11) is -0.116. The first kappa shape index (κ1) is 11.0. The highest BCUT2D eigenvalue weighted by Gasteiger charge is 2.20. The molecule has 0 N–H and O–H groups in total. The largest absolute Gasteiger partial charge is 0.454 e. The lowest BCUT2D eigenvalue weighted by Crippen LogP contribution is -2.32. The van der Waals surface area contributed by atoms with Crippen LogP contribution in [0.25, 0.3) is 0 Å². The highest BCUT2D eigenvalue weighted by molar-refractivity contribution is 6.42. The van der Waals surface area contributed by atoms with E-state index in [9.17, 15) is 0 Å². The van der Waals surface area contributed by atoms with Gasteiger partial charge >= 0.3 is 7.12 Å². The molecule has 66 valence electrons. The highest BCUT2D eigenvalue weighted by atomic mass is 16.6. The van der Waals surface area contributed by atoms with Gasteiger partial charge in [-0.15, -0.1) is 0 Å². The normalized spacial score (nSPS) is 12.3. The van der Waals surface area contributed by atoms with Crippen molar-refractivity contribution in [1.29, 1.82) is 0 Å². The Hall–Kier alpha value is -0.0151. The van der Waals surface area contributed by atoms with Crippen LogP contribution >= 0.6 is 0 Å². The van der Waals surface area contributed by atoms with Gasteiger partial charge in [0.15, 0.2) is 0 Å². The van der Waals surface area contributed by atoms with Crippen LogP contribution in [0.15, 0.2) is 0 Å². The van der Waals surface area contributed by atoms with Crippen molar-refractivity contribution in [3.8, 4) is 0 Å². The molecule has 0 aliphatic carbocycles. The van der Waals surface area contributed by atoms with Crippen molar-refractivity contribution in [2.45, 2.75) is 53.1 Å². The van der Waals surface area contributed by atoms with Crippen molar-refractivity contribution in [2.75, 3.05) is 0 Å². The second-order valence-corrected chi connectivity index (χ2v) is 3.98. The average Bonchev–Trinajstić information content (AvgIpc) is 1.53. The van der Waals surface area contributed by atoms with E-state index in [0.29, 0.717) is 0 Å². The summed E-state index contributed by atoms with van der Waals surface area (Å²) >= 11 is 0. The molecule has 11 heavy (non-hydrogen) atoms. The van der Waals surface area contributed by atoms with Gasteiger partial charge in [-0.1, -0.05) is 0 Å². The van der Waals surface area contributed by atoms with Gasteiger partial charge in [0.1, 0.15) is 0 Å². The van der Waals surface area contributed by atoms with Crippen molar-refractivity contribution in [3.63, 3.8) is 0 Å². The van der Waals surface area contributed by atoms with Crippen LogP contribution in [0.5, 0.6) is 0 Å². The fraction of sp³-hybridized carbons (Fsp3) is 1.00. The SMILES string of the molecule is CB(OC(C)C)OC(C)(C)C. The van der Waals surface area contributed by atoms with Gasteiger partial charge in [0.25, 0.3) is 0 Å². The molecule has 0 aliphatic rings. The Morgan fingerprint density at radius 1 is 1.18 bits per heavy atom. The molecule has 0 rings (SSSR count). The van der Waals surface area contributed by atoms with Crippen molar-refractivity contribution < 1.29 is 9.31 Å². The molecule has 0 heterocycles. The molecular weight excluding hydrogens is 139 g/mol. The highest BCUT2D eigenvalue weighted by Crippen LogP contribution is 2.10. The van der Waals surface area contributed by atoms with Crippen molar-refractivity contribution in [2.24, 2.45) is 0 Å². The first-order valence-electron chi connectivity index (χ1n) is 4.14. The predicted molar refractivity (Wildman–Crippen MR) is 48.7 cm³/mol. The Kier molecular flexibility index (Phi) is 4.12. The maximum absolute atomic E-state index is 5.53. The van der Waals surface area contributed by atoms with Crippen LogP contribution in [-0.2, 0) is 9.31 Å². The minimum absolute atomic E-state index is 0.116. The van der Waals surface area contributed by atoms with Gasteiger partial charge in [0, 0.05) is 11.7 Å². The summed E-state index contributed by atoms with van der Waals surface area (Å²) in [5, 5.41) is 0. The molecule has 0 aliphatic heterocycles. The maximum Gasteiger partial charge on any atom is 0.454 e. The first-order chi connectivity index (χ1) is 4.81. The number of hydrogen-bond acceptors (Lipinski definition) is 2. The molecule has 2 nitrogen and oxygen atoms in total. The van der Waals surface area contributed by atoms with E-state index in [1.807, 2.05) is 41.4 Å². The Morgan fingerprint density at radius 2 is 1.64 bits per heavy atom. The van der Waals surface area contributed by atoms with Crippen LogP contribution in [0.2, 0.25) is 6.82 Å². The zero-order valence-corrected chi connectivity index (χ0v) is 8.47. The van der Waals surface area contributed by atoms with E-state index in [1.54, 1.807) is 0 Å². The minimum atomic E-state index is -0.117. The van der Waals surface area contributed by atoms with Crippen LogP contribution in [0.1, 0.15) is 34.6 Å². The molecule has 0 amide bonds. The summed E-state index contributed by atoms with van der Waals surface area (Å²) in [6.45, 7) is 12.0. The van der Waals surface area contributed by atoms with Crippen LogP contribution in [-0.4, -0.2) is 18.8 Å². The summed E-state index contributed by atoms with van der Waals surface area (Å²) in [4.78, 5) is 0. The first-order valence-corrected chi connectivity index (χ1v) is 4.14. The molecule has 0 saturated carbocycles. The maximum atomic E-state index is 5.53. The number of hydrogen-bond donors (Lipinski definition) is 0. The summed E-state index contributed by atoms with van der Waals surface area (Å²) < 4.78 is 10.9. The van der Waals surface area contributed by atoms with E-state index >= 15 is 0 Å².